The SMILES string of the molecule is O=C1C(Cc2c(Cl)cc(OS(=O)(=O)C(F)(F)F)cc2Cl)CCN1[C@@H]1CCCc2cnn(S(=O)(=O)C(F)(F)F)c21. The fourth-order valence-electron chi connectivity index (χ4n) is 4.63. The van der Waals surface area contributed by atoms with E-state index in [2.05, 4.69) is 9.28 Å². The van der Waals surface area contributed by atoms with E-state index in [0.717, 1.165) is 18.3 Å². The first-order valence-corrected chi connectivity index (χ1v) is 14.6. The van der Waals surface area contributed by atoms with Gasteiger partial charge in [0, 0.05) is 34.6 Å². The van der Waals surface area contributed by atoms with E-state index in [-0.39, 0.29) is 63.2 Å². The topological polar surface area (TPSA) is 116 Å². The van der Waals surface area contributed by atoms with Gasteiger partial charge in [-0.3, -0.25) is 4.79 Å². The summed E-state index contributed by atoms with van der Waals surface area (Å²) in [5.41, 5.74) is -11.2. The lowest BCUT2D eigenvalue weighted by atomic mass is 9.92. The smallest absolute Gasteiger partial charge is 0.376 e. The summed E-state index contributed by atoms with van der Waals surface area (Å²) < 4.78 is 128. The van der Waals surface area contributed by atoms with Gasteiger partial charge in [-0.2, -0.15) is 52.4 Å². The summed E-state index contributed by atoms with van der Waals surface area (Å²) in [4.78, 5) is 14.6. The molecule has 2 heterocycles. The molecule has 2 aliphatic rings. The second kappa shape index (κ2) is 9.99. The monoisotopic (exact) mass is 643 g/mol. The van der Waals surface area contributed by atoms with Crippen LogP contribution < -0.4 is 4.18 Å². The van der Waals surface area contributed by atoms with Crippen LogP contribution >= 0.6 is 23.2 Å². The summed E-state index contributed by atoms with van der Waals surface area (Å²) in [7, 11) is -11.8. The zero-order chi connectivity index (χ0) is 29.1. The molecule has 1 unspecified atom stereocenters. The van der Waals surface area contributed by atoms with Gasteiger partial charge in [0.05, 0.1) is 17.9 Å². The van der Waals surface area contributed by atoms with Crippen LogP contribution in [-0.2, 0) is 37.8 Å². The van der Waals surface area contributed by atoms with Crippen LogP contribution in [0.3, 0.4) is 0 Å². The van der Waals surface area contributed by atoms with Crippen LogP contribution in [0.2, 0.25) is 10.0 Å². The quantitative estimate of drug-likeness (QED) is 0.257. The van der Waals surface area contributed by atoms with Crippen molar-refractivity contribution in [1.29, 1.82) is 0 Å². The van der Waals surface area contributed by atoms with Crippen molar-refractivity contribution in [2.75, 3.05) is 6.54 Å². The molecule has 1 fully saturated rings. The molecule has 1 aromatic carbocycles. The predicted molar refractivity (Wildman–Crippen MR) is 124 cm³/mol. The van der Waals surface area contributed by atoms with E-state index < -0.39 is 54.8 Å². The zero-order valence-electron chi connectivity index (χ0n) is 19.3. The number of aryl methyl sites for hydroxylation is 1. The standard InChI is InChI=1S/C20H17Cl2F6N3O6S2/c21-14-7-12(37-39(35,36)20(26,27)28)8-15(22)13(14)6-10-4-5-30(18(10)32)16-3-1-2-11-9-29-31(17(11)16)38(33,34)19(23,24)25/h7-10,16H,1-6H2/t10?,16-/m1/s1. The predicted octanol–water partition coefficient (Wildman–Crippen LogP) is 4.58. The number of benzene rings is 1. The minimum atomic E-state index is -5.99. The number of halogens is 8. The molecule has 0 bridgehead atoms. The fraction of sp³-hybridized carbons (Fsp3) is 0.500. The molecule has 9 nitrogen and oxygen atoms in total. The van der Waals surface area contributed by atoms with Crippen molar-refractivity contribution >= 4 is 49.3 Å². The minimum Gasteiger partial charge on any atom is -0.376 e. The van der Waals surface area contributed by atoms with E-state index in [9.17, 15) is 48.0 Å². The number of hydrogen-bond donors (Lipinski definition) is 0. The number of carbonyl (C=O) groups is 1. The average molecular weight is 644 g/mol. The average Bonchev–Trinajstić information content (AvgIpc) is 3.38. The largest absolute Gasteiger partial charge is 0.534 e. The van der Waals surface area contributed by atoms with Gasteiger partial charge in [0.15, 0.2) is 0 Å². The number of likely N-dealkylation sites (tertiary alicyclic amines) is 1. The highest BCUT2D eigenvalue weighted by Gasteiger charge is 2.51. The van der Waals surface area contributed by atoms with Gasteiger partial charge < -0.3 is 9.08 Å². The molecule has 1 aromatic heterocycles. The number of fused-ring (bicyclic) bond motifs is 1. The lowest BCUT2D eigenvalue weighted by Crippen LogP contribution is -2.38. The number of hydrogen-bond acceptors (Lipinski definition) is 7. The van der Waals surface area contributed by atoms with E-state index in [1.54, 1.807) is 0 Å². The van der Waals surface area contributed by atoms with Crippen LogP contribution in [-0.4, -0.2) is 54.4 Å². The first kappa shape index (κ1) is 29.7. The van der Waals surface area contributed by atoms with Crippen LogP contribution in [0.4, 0.5) is 26.3 Å². The van der Waals surface area contributed by atoms with Crippen molar-refractivity contribution in [3.8, 4) is 5.75 Å². The maximum absolute atomic E-state index is 13.3. The van der Waals surface area contributed by atoms with E-state index >= 15 is 0 Å². The Balaban J connectivity index is 1.58. The number of aromatic nitrogens is 2. The van der Waals surface area contributed by atoms with Gasteiger partial charge in [-0.05, 0) is 43.2 Å². The van der Waals surface area contributed by atoms with Crippen LogP contribution in [0.25, 0.3) is 0 Å². The first-order chi connectivity index (χ1) is 17.8. The summed E-state index contributed by atoms with van der Waals surface area (Å²) >= 11 is 12.2. The first-order valence-electron chi connectivity index (χ1n) is 11.0. The molecule has 1 amide bonds. The Kier molecular flexibility index (Phi) is 7.62. The van der Waals surface area contributed by atoms with E-state index in [4.69, 9.17) is 23.2 Å². The summed E-state index contributed by atoms with van der Waals surface area (Å²) in [5.74, 6) is -2.15. The summed E-state index contributed by atoms with van der Waals surface area (Å²) in [6.45, 7) is 0.0606. The fourth-order valence-corrected chi connectivity index (χ4v) is 6.56. The van der Waals surface area contributed by atoms with Gasteiger partial charge >= 0.3 is 31.2 Å². The van der Waals surface area contributed by atoms with Gasteiger partial charge in [-0.15, -0.1) is 0 Å². The molecular weight excluding hydrogens is 627 g/mol. The molecule has 19 heteroatoms. The molecule has 2 atom stereocenters. The van der Waals surface area contributed by atoms with Crippen LogP contribution in [0.1, 0.15) is 42.1 Å². The Morgan fingerprint density at radius 3 is 2.18 bits per heavy atom. The van der Waals surface area contributed by atoms with Crippen LogP contribution in [0, 0.1) is 5.92 Å². The van der Waals surface area contributed by atoms with E-state index in [1.165, 1.54) is 4.90 Å². The molecule has 0 spiro atoms. The number of amides is 1. The van der Waals surface area contributed by atoms with Crippen molar-refractivity contribution in [3.05, 3.63) is 45.2 Å². The zero-order valence-corrected chi connectivity index (χ0v) is 22.4. The second-order valence-corrected chi connectivity index (χ2v) is 12.9. The molecule has 216 valence electrons. The van der Waals surface area contributed by atoms with Crippen molar-refractivity contribution in [1.82, 2.24) is 14.1 Å². The van der Waals surface area contributed by atoms with E-state index in [1.807, 2.05) is 0 Å². The molecule has 2 aromatic rings. The third-order valence-electron chi connectivity index (χ3n) is 6.39. The van der Waals surface area contributed by atoms with Crippen molar-refractivity contribution in [2.24, 2.45) is 5.92 Å². The second-order valence-electron chi connectivity index (χ2n) is 8.83. The lowest BCUT2D eigenvalue weighted by Gasteiger charge is -2.32. The Hall–Kier alpha value is -2.24. The summed E-state index contributed by atoms with van der Waals surface area (Å²) in [6, 6.07) is 0.578. The highest BCUT2D eigenvalue weighted by molar-refractivity contribution is 7.90. The highest BCUT2D eigenvalue weighted by atomic mass is 35.5. The van der Waals surface area contributed by atoms with Crippen molar-refractivity contribution in [3.63, 3.8) is 0 Å². The normalized spacial score (nSPS) is 20.8. The molecule has 0 radical (unpaired) electrons. The van der Waals surface area contributed by atoms with Gasteiger partial charge in [0.1, 0.15) is 5.75 Å². The van der Waals surface area contributed by atoms with Gasteiger partial charge in [-0.1, -0.05) is 23.2 Å². The van der Waals surface area contributed by atoms with Crippen LogP contribution in [0.5, 0.6) is 5.75 Å². The Labute approximate surface area is 227 Å². The molecule has 1 aliphatic heterocycles. The Bertz CT molecular complexity index is 1500. The van der Waals surface area contributed by atoms with Gasteiger partial charge in [0.2, 0.25) is 5.91 Å². The van der Waals surface area contributed by atoms with Gasteiger partial charge in [-0.25, -0.2) is 0 Å². The third-order valence-corrected chi connectivity index (χ3v) is 9.38. The van der Waals surface area contributed by atoms with Crippen molar-refractivity contribution < 1.29 is 52.2 Å². The maximum Gasteiger partial charge on any atom is 0.534 e. The molecule has 1 aliphatic carbocycles. The highest BCUT2D eigenvalue weighted by Crippen LogP contribution is 2.42. The molecule has 4 rings (SSSR count). The molecule has 0 N–H and O–H groups in total. The maximum atomic E-state index is 13.3. The molecule has 1 saturated heterocycles. The summed E-state index contributed by atoms with van der Waals surface area (Å²) in [5, 5.41) is 2.89. The Morgan fingerprint density at radius 2 is 1.62 bits per heavy atom. The number of nitrogens with zero attached hydrogens (tertiary/aromatic N) is 3. The lowest BCUT2D eigenvalue weighted by molar-refractivity contribution is -0.133. The van der Waals surface area contributed by atoms with Crippen LogP contribution in [0.15, 0.2) is 18.3 Å². The molecular formula is C20H17Cl2F6N3O6S2. The summed E-state index contributed by atoms with van der Waals surface area (Å²) in [6.07, 6.45) is 1.99. The molecule has 0 saturated carbocycles. The molecule has 39 heavy (non-hydrogen) atoms. The van der Waals surface area contributed by atoms with Crippen molar-refractivity contribution in [2.45, 2.75) is 49.2 Å². The third kappa shape index (κ3) is 5.41. The Morgan fingerprint density at radius 1 is 1.00 bits per heavy atom. The van der Waals surface area contributed by atoms with E-state index in [0.29, 0.717) is 6.42 Å². The number of alkyl halides is 6. The number of carbonyl (C=O) groups excluding carboxylic acids is 1. The van der Waals surface area contributed by atoms with Gasteiger partial charge in [0.25, 0.3) is 0 Å². The minimum absolute atomic E-state index is 0.0606. The number of rotatable bonds is 6.